The van der Waals surface area contributed by atoms with Crippen LogP contribution in [0.2, 0.25) is 0 Å². The van der Waals surface area contributed by atoms with Gasteiger partial charge in [0.2, 0.25) is 0 Å². The van der Waals surface area contributed by atoms with E-state index in [0.29, 0.717) is 11.1 Å². The van der Waals surface area contributed by atoms with Gasteiger partial charge in [0.15, 0.2) is 5.78 Å². The Kier molecular flexibility index (Phi) is 3.95. The van der Waals surface area contributed by atoms with Crippen LogP contribution in [0.4, 0.5) is 0 Å². The minimum atomic E-state index is -1.05. The number of carbonyl (C=O) groups excluding carboxylic acids is 1. The molecule has 0 saturated heterocycles. The van der Waals surface area contributed by atoms with Gasteiger partial charge in [-0.3, -0.25) is 9.59 Å². The smallest absolute Gasteiger partial charge is 0.320 e. The molecule has 0 aliphatic rings. The quantitative estimate of drug-likeness (QED) is 0.630. The zero-order chi connectivity index (χ0) is 16.4. The van der Waals surface area contributed by atoms with Crippen LogP contribution in [-0.2, 0) is 11.2 Å². The molecule has 0 amide bonds. The summed E-state index contributed by atoms with van der Waals surface area (Å²) in [5.74, 6) is -1.11. The van der Waals surface area contributed by atoms with Crippen molar-refractivity contribution >= 4 is 22.7 Å². The highest BCUT2D eigenvalue weighted by atomic mass is 16.4. The lowest BCUT2D eigenvalue weighted by atomic mass is 9.99. The number of H-pyrrole nitrogens is 1. The van der Waals surface area contributed by atoms with E-state index in [1.165, 1.54) is 0 Å². The average Bonchev–Trinajstić information content (AvgIpc) is 2.97. The fourth-order valence-corrected chi connectivity index (χ4v) is 2.57. The van der Waals surface area contributed by atoms with Crippen LogP contribution >= 0.6 is 0 Å². The van der Waals surface area contributed by atoms with E-state index in [1.807, 2.05) is 24.3 Å². The molecular formula is C18H16N2O3. The molecule has 0 fully saturated rings. The summed E-state index contributed by atoms with van der Waals surface area (Å²) in [6.45, 7) is 0. The summed E-state index contributed by atoms with van der Waals surface area (Å²) in [6.07, 6.45) is 1.95. The zero-order valence-electron chi connectivity index (χ0n) is 12.3. The van der Waals surface area contributed by atoms with Crippen LogP contribution in [0.5, 0.6) is 0 Å². The molecule has 5 heteroatoms. The van der Waals surface area contributed by atoms with Crippen molar-refractivity contribution in [2.45, 2.75) is 12.5 Å². The van der Waals surface area contributed by atoms with E-state index < -0.39 is 12.0 Å². The second-order valence-electron chi connectivity index (χ2n) is 5.42. The van der Waals surface area contributed by atoms with E-state index in [0.717, 1.165) is 16.5 Å². The highest BCUT2D eigenvalue weighted by Crippen LogP contribution is 2.22. The van der Waals surface area contributed by atoms with Gasteiger partial charge in [-0.2, -0.15) is 0 Å². The predicted molar refractivity (Wildman–Crippen MR) is 87.5 cm³/mol. The first kappa shape index (κ1) is 15.0. The third kappa shape index (κ3) is 3.00. The molecule has 0 aliphatic heterocycles. The summed E-state index contributed by atoms with van der Waals surface area (Å²) in [5.41, 5.74) is 8.43. The number of hydrogen-bond acceptors (Lipinski definition) is 3. The first-order valence-electron chi connectivity index (χ1n) is 7.24. The second kappa shape index (κ2) is 6.06. The maximum atomic E-state index is 12.5. The van der Waals surface area contributed by atoms with Gasteiger partial charge in [0, 0.05) is 34.6 Å². The lowest BCUT2D eigenvalue weighted by Gasteiger charge is -2.06. The van der Waals surface area contributed by atoms with Crippen LogP contribution in [0, 0.1) is 0 Å². The molecule has 3 aromatic rings. The molecule has 116 valence electrons. The Labute approximate surface area is 132 Å². The van der Waals surface area contributed by atoms with Crippen LogP contribution in [0.1, 0.15) is 21.5 Å². The lowest BCUT2D eigenvalue weighted by Crippen LogP contribution is -2.32. The number of benzene rings is 2. The number of nitrogens with one attached hydrogen (secondary N) is 1. The minimum Gasteiger partial charge on any atom is -0.480 e. The van der Waals surface area contributed by atoms with E-state index in [4.69, 9.17) is 10.8 Å². The van der Waals surface area contributed by atoms with Crippen molar-refractivity contribution in [3.63, 3.8) is 0 Å². The third-order valence-corrected chi connectivity index (χ3v) is 3.82. The van der Waals surface area contributed by atoms with Gasteiger partial charge in [-0.1, -0.05) is 30.3 Å². The fraction of sp³-hybridized carbons (Fsp3) is 0.111. The number of hydrogen-bond donors (Lipinski definition) is 3. The molecule has 23 heavy (non-hydrogen) atoms. The van der Waals surface area contributed by atoms with Crippen LogP contribution in [-0.4, -0.2) is 27.9 Å². The molecule has 1 atom stereocenters. The first-order valence-corrected chi connectivity index (χ1v) is 7.24. The summed E-state index contributed by atoms with van der Waals surface area (Å²) in [4.78, 5) is 26.5. The summed E-state index contributed by atoms with van der Waals surface area (Å²) >= 11 is 0. The first-order chi connectivity index (χ1) is 11.1. The maximum absolute atomic E-state index is 12.5. The number of fused-ring (bicyclic) bond motifs is 1. The minimum absolute atomic E-state index is 0.0674. The molecule has 3 rings (SSSR count). The van der Waals surface area contributed by atoms with Crippen molar-refractivity contribution in [2.75, 3.05) is 0 Å². The van der Waals surface area contributed by atoms with E-state index in [2.05, 4.69) is 4.98 Å². The second-order valence-corrected chi connectivity index (χ2v) is 5.42. The van der Waals surface area contributed by atoms with Crippen LogP contribution in [0.25, 0.3) is 10.9 Å². The number of ketones is 1. The highest BCUT2D eigenvalue weighted by Gasteiger charge is 2.16. The largest absolute Gasteiger partial charge is 0.480 e. The molecular weight excluding hydrogens is 292 g/mol. The van der Waals surface area contributed by atoms with Crippen molar-refractivity contribution < 1.29 is 14.7 Å². The molecule has 0 unspecified atom stereocenters. The Balaban J connectivity index is 1.98. The molecule has 0 saturated carbocycles. The lowest BCUT2D eigenvalue weighted by molar-refractivity contribution is -0.138. The highest BCUT2D eigenvalue weighted by molar-refractivity contribution is 6.10. The summed E-state index contributed by atoms with van der Waals surface area (Å²) in [5, 5.41) is 9.78. The average molecular weight is 308 g/mol. The summed E-state index contributed by atoms with van der Waals surface area (Å²) in [6, 6.07) is 13.4. The normalized spacial score (nSPS) is 12.2. The van der Waals surface area contributed by atoms with Crippen LogP contribution in [0.15, 0.2) is 54.7 Å². The van der Waals surface area contributed by atoms with Crippen molar-refractivity contribution in [3.05, 3.63) is 71.4 Å². The van der Waals surface area contributed by atoms with E-state index in [1.54, 1.807) is 30.5 Å². The van der Waals surface area contributed by atoms with Gasteiger partial charge in [0.05, 0.1) is 0 Å². The predicted octanol–water partition coefficient (Wildman–Crippen LogP) is 2.35. The monoisotopic (exact) mass is 308 g/mol. The Morgan fingerprint density at radius 2 is 1.83 bits per heavy atom. The van der Waals surface area contributed by atoms with Gasteiger partial charge in [-0.25, -0.2) is 0 Å². The van der Waals surface area contributed by atoms with E-state index in [-0.39, 0.29) is 12.2 Å². The number of carboxylic acids is 1. The van der Waals surface area contributed by atoms with Gasteiger partial charge in [-0.15, -0.1) is 0 Å². The zero-order valence-corrected chi connectivity index (χ0v) is 12.3. The molecule has 5 nitrogen and oxygen atoms in total. The van der Waals surface area contributed by atoms with Crippen molar-refractivity contribution in [2.24, 2.45) is 5.73 Å². The van der Waals surface area contributed by atoms with Gasteiger partial charge in [-0.05, 0) is 23.8 Å². The number of carboxylic acid groups (broad SMARTS) is 1. The summed E-state index contributed by atoms with van der Waals surface area (Å²) in [7, 11) is 0. The van der Waals surface area contributed by atoms with Crippen LogP contribution in [0.3, 0.4) is 0 Å². The van der Waals surface area contributed by atoms with Crippen molar-refractivity contribution in [3.8, 4) is 0 Å². The molecule has 0 bridgehead atoms. The number of aromatic nitrogens is 1. The summed E-state index contributed by atoms with van der Waals surface area (Å²) < 4.78 is 0. The topological polar surface area (TPSA) is 96.2 Å². The molecule has 0 aliphatic carbocycles. The number of carbonyl (C=O) groups is 2. The Bertz CT molecular complexity index is 868. The number of nitrogens with two attached hydrogens (primary N) is 1. The van der Waals surface area contributed by atoms with Gasteiger partial charge in [0.25, 0.3) is 0 Å². The standard InChI is InChI=1S/C18H16N2O3/c19-15(18(22)23)9-13-10-20-16-7-6-12(8-14(13)16)17(21)11-4-2-1-3-5-11/h1-8,10,15,20H,9,19H2,(H,22,23)/t15-/m0/s1. The Morgan fingerprint density at radius 3 is 2.52 bits per heavy atom. The third-order valence-electron chi connectivity index (χ3n) is 3.82. The SMILES string of the molecule is N[C@@H](Cc1c[nH]c2ccc(C(=O)c3ccccc3)cc12)C(=O)O. The Hall–Kier alpha value is -2.92. The number of aliphatic carboxylic acids is 1. The molecule has 1 aromatic heterocycles. The number of aromatic amines is 1. The van der Waals surface area contributed by atoms with Crippen molar-refractivity contribution in [1.82, 2.24) is 4.98 Å². The van der Waals surface area contributed by atoms with E-state index in [9.17, 15) is 9.59 Å². The number of rotatable bonds is 5. The fourth-order valence-electron chi connectivity index (χ4n) is 2.57. The van der Waals surface area contributed by atoms with Gasteiger partial charge in [0.1, 0.15) is 6.04 Å². The Morgan fingerprint density at radius 1 is 1.09 bits per heavy atom. The molecule has 2 aromatic carbocycles. The van der Waals surface area contributed by atoms with E-state index >= 15 is 0 Å². The molecule has 1 heterocycles. The molecule has 0 radical (unpaired) electrons. The van der Waals surface area contributed by atoms with Crippen molar-refractivity contribution in [1.29, 1.82) is 0 Å². The van der Waals surface area contributed by atoms with Gasteiger partial charge < -0.3 is 15.8 Å². The van der Waals surface area contributed by atoms with Gasteiger partial charge >= 0.3 is 5.97 Å². The van der Waals surface area contributed by atoms with Crippen LogP contribution < -0.4 is 5.73 Å². The maximum Gasteiger partial charge on any atom is 0.320 e. The molecule has 4 N–H and O–H groups in total. The molecule has 0 spiro atoms.